The van der Waals surface area contributed by atoms with Gasteiger partial charge < -0.3 is 10.1 Å². The van der Waals surface area contributed by atoms with Crippen molar-refractivity contribution < 1.29 is 9.13 Å². The first kappa shape index (κ1) is 14.0. The van der Waals surface area contributed by atoms with Crippen molar-refractivity contribution in [2.24, 2.45) is 0 Å². The molecule has 0 aliphatic rings. The molecule has 3 heteroatoms. The smallest absolute Gasteiger partial charge is 0.123 e. The van der Waals surface area contributed by atoms with Crippen molar-refractivity contribution >= 4 is 0 Å². The predicted molar refractivity (Wildman–Crippen MR) is 69.0 cm³/mol. The first-order valence-electron chi connectivity index (χ1n) is 6.29. The van der Waals surface area contributed by atoms with Gasteiger partial charge in [-0.05, 0) is 43.5 Å². The Balaban J connectivity index is 2.31. The lowest BCUT2D eigenvalue weighted by molar-refractivity contribution is 0.300. The third kappa shape index (κ3) is 4.73. The van der Waals surface area contributed by atoms with E-state index < -0.39 is 0 Å². The van der Waals surface area contributed by atoms with Gasteiger partial charge in [0.05, 0.1) is 0 Å². The largest absolute Gasteiger partial charge is 0.492 e. The van der Waals surface area contributed by atoms with Crippen LogP contribution >= 0.6 is 0 Å². The van der Waals surface area contributed by atoms with Gasteiger partial charge in [-0.3, -0.25) is 0 Å². The van der Waals surface area contributed by atoms with Gasteiger partial charge in [-0.1, -0.05) is 13.8 Å². The van der Waals surface area contributed by atoms with Crippen molar-refractivity contribution in [2.75, 3.05) is 13.2 Å². The number of benzene rings is 1. The van der Waals surface area contributed by atoms with Crippen molar-refractivity contribution in [1.29, 1.82) is 0 Å². The Kier molecular flexibility index (Phi) is 5.98. The maximum atomic E-state index is 12.9. The van der Waals surface area contributed by atoms with E-state index in [1.165, 1.54) is 12.1 Å². The molecule has 2 nitrogen and oxygen atoms in total. The molecular formula is C14H22FNO. The summed E-state index contributed by atoms with van der Waals surface area (Å²) >= 11 is 0. The van der Waals surface area contributed by atoms with E-state index in [0.29, 0.717) is 12.6 Å². The van der Waals surface area contributed by atoms with Crippen LogP contribution in [-0.2, 0) is 0 Å². The quantitative estimate of drug-likeness (QED) is 0.737. The lowest BCUT2D eigenvalue weighted by atomic mass is 10.2. The highest BCUT2D eigenvalue weighted by Crippen LogP contribution is 2.17. The molecule has 0 atom stereocenters. The third-order valence-corrected chi connectivity index (χ3v) is 2.92. The SMILES string of the molecule is CCC(CC)NCCOc1ccc(F)cc1C. The van der Waals surface area contributed by atoms with Gasteiger partial charge in [0.25, 0.3) is 0 Å². The molecule has 0 saturated carbocycles. The summed E-state index contributed by atoms with van der Waals surface area (Å²) in [6.07, 6.45) is 2.26. The van der Waals surface area contributed by atoms with Crippen molar-refractivity contribution in [3.63, 3.8) is 0 Å². The Labute approximate surface area is 103 Å². The molecule has 17 heavy (non-hydrogen) atoms. The summed E-state index contributed by atoms with van der Waals surface area (Å²) in [5, 5.41) is 3.42. The third-order valence-electron chi connectivity index (χ3n) is 2.92. The van der Waals surface area contributed by atoms with Crippen LogP contribution in [-0.4, -0.2) is 19.2 Å². The molecule has 1 aromatic carbocycles. The van der Waals surface area contributed by atoms with E-state index in [0.717, 1.165) is 30.7 Å². The minimum atomic E-state index is -0.218. The van der Waals surface area contributed by atoms with Crippen LogP contribution < -0.4 is 10.1 Å². The summed E-state index contributed by atoms with van der Waals surface area (Å²) in [6.45, 7) is 7.64. The molecule has 96 valence electrons. The minimum absolute atomic E-state index is 0.218. The van der Waals surface area contributed by atoms with Gasteiger partial charge in [0.1, 0.15) is 18.2 Å². The highest BCUT2D eigenvalue weighted by molar-refractivity contribution is 5.32. The Morgan fingerprint density at radius 1 is 1.29 bits per heavy atom. The average Bonchev–Trinajstić information content (AvgIpc) is 2.32. The highest BCUT2D eigenvalue weighted by atomic mass is 19.1. The molecular weight excluding hydrogens is 217 g/mol. The fourth-order valence-corrected chi connectivity index (χ4v) is 1.78. The second-order valence-corrected chi connectivity index (χ2v) is 4.23. The molecule has 1 N–H and O–H groups in total. The Morgan fingerprint density at radius 3 is 2.59 bits per heavy atom. The predicted octanol–water partition coefficient (Wildman–Crippen LogP) is 3.29. The molecule has 0 unspecified atom stereocenters. The summed E-state index contributed by atoms with van der Waals surface area (Å²) in [5.41, 5.74) is 0.840. The van der Waals surface area contributed by atoms with Gasteiger partial charge >= 0.3 is 0 Å². The number of hydrogen-bond acceptors (Lipinski definition) is 2. The van der Waals surface area contributed by atoms with Crippen LogP contribution in [0.1, 0.15) is 32.3 Å². The van der Waals surface area contributed by atoms with Crippen LogP contribution in [0.3, 0.4) is 0 Å². The van der Waals surface area contributed by atoms with Gasteiger partial charge in [0.2, 0.25) is 0 Å². The highest BCUT2D eigenvalue weighted by Gasteiger charge is 2.03. The summed E-state index contributed by atoms with van der Waals surface area (Å²) in [7, 11) is 0. The summed E-state index contributed by atoms with van der Waals surface area (Å²) < 4.78 is 18.5. The maximum Gasteiger partial charge on any atom is 0.123 e. The molecule has 0 fully saturated rings. The normalized spacial score (nSPS) is 10.9. The van der Waals surface area contributed by atoms with Gasteiger partial charge in [-0.2, -0.15) is 0 Å². The summed E-state index contributed by atoms with van der Waals surface area (Å²) in [5.74, 6) is 0.544. The standard InChI is InChI=1S/C14H22FNO/c1-4-13(5-2)16-8-9-17-14-7-6-12(15)10-11(14)3/h6-7,10,13,16H,4-5,8-9H2,1-3H3. The molecule has 1 rings (SSSR count). The van der Waals surface area contributed by atoms with E-state index in [9.17, 15) is 4.39 Å². The van der Waals surface area contributed by atoms with E-state index in [1.807, 2.05) is 6.92 Å². The monoisotopic (exact) mass is 239 g/mol. The fraction of sp³-hybridized carbons (Fsp3) is 0.571. The molecule has 0 saturated heterocycles. The second-order valence-electron chi connectivity index (χ2n) is 4.23. The van der Waals surface area contributed by atoms with Crippen molar-refractivity contribution in [1.82, 2.24) is 5.32 Å². The van der Waals surface area contributed by atoms with Crippen molar-refractivity contribution in [3.05, 3.63) is 29.6 Å². The van der Waals surface area contributed by atoms with Gasteiger partial charge in [0, 0.05) is 12.6 Å². The molecule has 0 radical (unpaired) electrons. The van der Waals surface area contributed by atoms with E-state index in [-0.39, 0.29) is 5.82 Å². The molecule has 0 aliphatic heterocycles. The number of aryl methyl sites for hydroxylation is 1. The average molecular weight is 239 g/mol. The number of halogens is 1. The van der Waals surface area contributed by atoms with E-state index in [2.05, 4.69) is 19.2 Å². The van der Waals surface area contributed by atoms with E-state index in [4.69, 9.17) is 4.74 Å². The zero-order valence-corrected chi connectivity index (χ0v) is 10.9. The van der Waals surface area contributed by atoms with Gasteiger partial charge in [-0.25, -0.2) is 4.39 Å². The van der Waals surface area contributed by atoms with Crippen LogP contribution in [0.2, 0.25) is 0 Å². The summed E-state index contributed by atoms with van der Waals surface area (Å²) in [6, 6.07) is 5.16. The molecule has 0 aromatic heterocycles. The minimum Gasteiger partial charge on any atom is -0.492 e. The van der Waals surface area contributed by atoms with Gasteiger partial charge in [-0.15, -0.1) is 0 Å². The Bertz CT molecular complexity index is 337. The lowest BCUT2D eigenvalue weighted by Gasteiger charge is -2.15. The number of hydrogen-bond donors (Lipinski definition) is 1. The molecule has 0 spiro atoms. The molecule has 0 bridgehead atoms. The number of rotatable bonds is 7. The van der Waals surface area contributed by atoms with Crippen molar-refractivity contribution in [3.8, 4) is 5.75 Å². The molecule has 0 amide bonds. The summed E-state index contributed by atoms with van der Waals surface area (Å²) in [4.78, 5) is 0. The number of ether oxygens (including phenoxy) is 1. The molecule has 0 aliphatic carbocycles. The Hall–Kier alpha value is -1.09. The number of nitrogens with one attached hydrogen (secondary N) is 1. The second kappa shape index (κ2) is 7.28. The topological polar surface area (TPSA) is 21.3 Å². The fourth-order valence-electron chi connectivity index (χ4n) is 1.78. The van der Waals surface area contributed by atoms with Crippen LogP contribution in [0.25, 0.3) is 0 Å². The zero-order chi connectivity index (χ0) is 12.7. The molecule has 0 heterocycles. The molecule has 1 aromatic rings. The van der Waals surface area contributed by atoms with Crippen LogP contribution in [0.4, 0.5) is 4.39 Å². The van der Waals surface area contributed by atoms with Crippen LogP contribution in [0, 0.1) is 12.7 Å². The Morgan fingerprint density at radius 2 is 2.00 bits per heavy atom. The van der Waals surface area contributed by atoms with E-state index >= 15 is 0 Å². The lowest BCUT2D eigenvalue weighted by Crippen LogP contribution is -2.31. The van der Waals surface area contributed by atoms with Gasteiger partial charge in [0.15, 0.2) is 0 Å². The maximum absolute atomic E-state index is 12.9. The first-order valence-corrected chi connectivity index (χ1v) is 6.29. The van der Waals surface area contributed by atoms with Crippen LogP contribution in [0.15, 0.2) is 18.2 Å². The van der Waals surface area contributed by atoms with Crippen LogP contribution in [0.5, 0.6) is 5.75 Å². The van der Waals surface area contributed by atoms with Crippen molar-refractivity contribution in [2.45, 2.75) is 39.7 Å². The first-order chi connectivity index (χ1) is 8.17. The van der Waals surface area contributed by atoms with E-state index in [1.54, 1.807) is 6.07 Å². The zero-order valence-electron chi connectivity index (χ0n) is 10.9.